The first kappa shape index (κ1) is 13.4. The lowest BCUT2D eigenvalue weighted by atomic mass is 10.2. The molecule has 0 amide bonds. The highest BCUT2D eigenvalue weighted by molar-refractivity contribution is 6.30. The Labute approximate surface area is 96.0 Å². The molecule has 0 bridgehead atoms. The first-order valence-electron chi connectivity index (χ1n) is 4.09. The van der Waals surface area contributed by atoms with E-state index >= 15 is 0 Å². The van der Waals surface area contributed by atoms with Gasteiger partial charge >= 0.3 is 0 Å². The number of halogens is 2. The summed E-state index contributed by atoms with van der Waals surface area (Å²) in [5, 5.41) is 8.05. The van der Waals surface area contributed by atoms with Crippen molar-refractivity contribution in [1.82, 2.24) is 4.48 Å². The summed E-state index contributed by atoms with van der Waals surface area (Å²) in [4.78, 5) is 0. The quantitative estimate of drug-likeness (QED) is 0.461. The lowest BCUT2D eigenvalue weighted by Gasteiger charge is -2.24. The van der Waals surface area contributed by atoms with E-state index in [1.165, 1.54) is 6.34 Å². The largest absolute Gasteiger partial charge is 0.257 e. The van der Waals surface area contributed by atoms with Gasteiger partial charge in [0.2, 0.25) is 0 Å². The molecule has 1 aromatic rings. The first-order chi connectivity index (χ1) is 5.97. The number of rotatable bonds is 2. The molecule has 0 aliphatic heterocycles. The lowest BCUT2D eigenvalue weighted by molar-refractivity contribution is 0.604. The Morgan fingerprint density at radius 3 is 2.36 bits per heavy atom. The zero-order valence-electron chi connectivity index (χ0n) is 8.54. The molecular weight excluding hydrogens is 219 g/mol. The van der Waals surface area contributed by atoms with Crippen LogP contribution in [0.3, 0.4) is 0 Å². The lowest BCUT2D eigenvalue weighted by Crippen LogP contribution is -2.38. The number of nitrogens with zero attached hydrogens (tertiary/aromatic N) is 1. The standard InChI is InChI=1S/C10H14ClN2.ClH/c1-8-6-9(11)4-5-10(8)13(2,3)7-12;/h4-7,12H,1-3H3;1H/q+1;. The number of hydrogen-bond donors (Lipinski definition) is 1. The van der Waals surface area contributed by atoms with Crippen molar-refractivity contribution < 1.29 is 0 Å². The molecule has 0 radical (unpaired) electrons. The van der Waals surface area contributed by atoms with Crippen LogP contribution in [0.4, 0.5) is 5.69 Å². The van der Waals surface area contributed by atoms with E-state index in [0.717, 1.165) is 16.3 Å². The molecule has 0 spiro atoms. The van der Waals surface area contributed by atoms with E-state index in [0.29, 0.717) is 4.48 Å². The van der Waals surface area contributed by atoms with Gasteiger partial charge in [-0.1, -0.05) is 11.6 Å². The number of quaternary nitrogens is 1. The minimum absolute atomic E-state index is 0. The molecule has 0 aliphatic rings. The Morgan fingerprint density at radius 2 is 1.93 bits per heavy atom. The van der Waals surface area contributed by atoms with E-state index in [1.807, 2.05) is 39.2 Å². The van der Waals surface area contributed by atoms with Gasteiger partial charge in [-0.2, -0.15) is 0 Å². The van der Waals surface area contributed by atoms with Gasteiger partial charge in [-0.15, -0.1) is 12.4 Å². The molecule has 78 valence electrons. The predicted octanol–water partition coefficient (Wildman–Crippen LogP) is 3.24. The summed E-state index contributed by atoms with van der Waals surface area (Å²) in [5.41, 5.74) is 2.21. The van der Waals surface area contributed by atoms with E-state index < -0.39 is 0 Å². The van der Waals surface area contributed by atoms with Crippen LogP contribution in [-0.4, -0.2) is 20.4 Å². The van der Waals surface area contributed by atoms with Crippen molar-refractivity contribution in [3.8, 4) is 0 Å². The summed E-state index contributed by atoms with van der Waals surface area (Å²) in [7, 11) is 3.92. The summed E-state index contributed by atoms with van der Waals surface area (Å²) in [5.74, 6) is 0. The second kappa shape index (κ2) is 4.78. The fourth-order valence-electron chi connectivity index (χ4n) is 1.34. The molecule has 4 heteroatoms. The van der Waals surface area contributed by atoms with E-state index in [9.17, 15) is 0 Å². The van der Waals surface area contributed by atoms with Gasteiger partial charge in [-0.25, -0.2) is 0 Å². The number of nitrogens with one attached hydrogen (secondary N) is 1. The summed E-state index contributed by atoms with van der Waals surface area (Å²) >= 11 is 5.85. The molecule has 0 saturated heterocycles. The minimum atomic E-state index is 0. The molecule has 0 aromatic heterocycles. The third-order valence-electron chi connectivity index (χ3n) is 2.10. The van der Waals surface area contributed by atoms with Crippen molar-refractivity contribution in [3.63, 3.8) is 0 Å². The topological polar surface area (TPSA) is 23.9 Å². The molecule has 14 heavy (non-hydrogen) atoms. The molecule has 0 unspecified atom stereocenters. The minimum Gasteiger partial charge on any atom is -0.257 e. The van der Waals surface area contributed by atoms with Crippen molar-refractivity contribution in [2.75, 3.05) is 14.1 Å². The van der Waals surface area contributed by atoms with Crippen LogP contribution < -0.4 is 4.48 Å². The first-order valence-corrected chi connectivity index (χ1v) is 4.47. The molecule has 1 N–H and O–H groups in total. The number of aryl methyl sites for hydroxylation is 1. The van der Waals surface area contributed by atoms with Gasteiger partial charge in [0.15, 0.2) is 6.34 Å². The van der Waals surface area contributed by atoms with Gasteiger partial charge in [-0.05, 0) is 19.1 Å². The second-order valence-electron chi connectivity index (χ2n) is 3.60. The fourth-order valence-corrected chi connectivity index (χ4v) is 1.56. The van der Waals surface area contributed by atoms with E-state index in [-0.39, 0.29) is 12.4 Å². The van der Waals surface area contributed by atoms with E-state index in [2.05, 4.69) is 0 Å². The van der Waals surface area contributed by atoms with Crippen LogP contribution in [0.25, 0.3) is 0 Å². The fraction of sp³-hybridized carbons (Fsp3) is 0.300. The summed E-state index contributed by atoms with van der Waals surface area (Å²) < 4.78 is 0.447. The Balaban J connectivity index is 0.00000169. The molecule has 0 atom stereocenters. The van der Waals surface area contributed by atoms with Crippen LogP contribution in [0.1, 0.15) is 5.56 Å². The normalized spacial score (nSPS) is 10.6. The highest BCUT2D eigenvalue weighted by atomic mass is 35.5. The SMILES string of the molecule is Cc1cc(Cl)ccc1[N+](C)(C)C=N.Cl. The zero-order chi connectivity index (χ0) is 10.1. The van der Waals surface area contributed by atoms with Gasteiger partial charge in [0, 0.05) is 16.7 Å². The Kier molecular flexibility index (Phi) is 4.59. The van der Waals surface area contributed by atoms with Crippen molar-refractivity contribution in [3.05, 3.63) is 28.8 Å². The summed E-state index contributed by atoms with van der Waals surface area (Å²) in [6, 6.07) is 5.73. The molecule has 0 aliphatic carbocycles. The molecule has 2 nitrogen and oxygen atoms in total. The third kappa shape index (κ3) is 2.71. The van der Waals surface area contributed by atoms with Crippen LogP contribution in [-0.2, 0) is 0 Å². The van der Waals surface area contributed by atoms with Gasteiger partial charge < -0.3 is 0 Å². The number of benzene rings is 1. The van der Waals surface area contributed by atoms with Gasteiger partial charge in [-0.3, -0.25) is 9.89 Å². The predicted molar refractivity (Wildman–Crippen MR) is 65.9 cm³/mol. The van der Waals surface area contributed by atoms with Crippen LogP contribution >= 0.6 is 24.0 Å². The molecule has 0 heterocycles. The maximum atomic E-state index is 7.31. The van der Waals surface area contributed by atoms with Crippen LogP contribution in [0.15, 0.2) is 18.2 Å². The van der Waals surface area contributed by atoms with Gasteiger partial charge in [0.1, 0.15) is 5.69 Å². The van der Waals surface area contributed by atoms with Crippen LogP contribution in [0, 0.1) is 12.3 Å². The van der Waals surface area contributed by atoms with Crippen molar-refractivity contribution in [2.24, 2.45) is 0 Å². The number of hydrogen-bond acceptors (Lipinski definition) is 1. The maximum Gasteiger partial charge on any atom is 0.187 e. The summed E-state index contributed by atoms with van der Waals surface area (Å²) in [6.07, 6.45) is 1.40. The molecule has 0 saturated carbocycles. The van der Waals surface area contributed by atoms with Crippen LogP contribution in [0.5, 0.6) is 0 Å². The Bertz CT molecular complexity index is 335. The smallest absolute Gasteiger partial charge is 0.187 e. The third-order valence-corrected chi connectivity index (χ3v) is 2.34. The molecule has 1 aromatic carbocycles. The maximum absolute atomic E-state index is 7.31. The summed E-state index contributed by atoms with van der Waals surface area (Å²) in [6.45, 7) is 2.00. The monoisotopic (exact) mass is 233 g/mol. The van der Waals surface area contributed by atoms with E-state index in [1.54, 1.807) is 0 Å². The highest BCUT2D eigenvalue weighted by Crippen LogP contribution is 2.25. The second-order valence-corrected chi connectivity index (χ2v) is 4.04. The zero-order valence-corrected chi connectivity index (χ0v) is 10.1. The van der Waals surface area contributed by atoms with E-state index in [4.69, 9.17) is 17.0 Å². The average Bonchev–Trinajstić information content (AvgIpc) is 2.03. The highest BCUT2D eigenvalue weighted by Gasteiger charge is 2.18. The van der Waals surface area contributed by atoms with Gasteiger partial charge in [0.25, 0.3) is 0 Å². The average molecular weight is 234 g/mol. The van der Waals surface area contributed by atoms with Crippen LogP contribution in [0.2, 0.25) is 5.02 Å². The Hall–Kier alpha value is -0.570. The molecular formula is C10H15Cl2N2+. The van der Waals surface area contributed by atoms with Crippen molar-refractivity contribution in [2.45, 2.75) is 6.92 Å². The van der Waals surface area contributed by atoms with Gasteiger partial charge in [0.05, 0.1) is 14.1 Å². The molecule has 0 fully saturated rings. The van der Waals surface area contributed by atoms with Crippen molar-refractivity contribution in [1.29, 1.82) is 5.41 Å². The Morgan fingerprint density at radius 1 is 1.36 bits per heavy atom. The van der Waals surface area contributed by atoms with Crippen molar-refractivity contribution >= 4 is 36.0 Å². The molecule has 1 rings (SSSR count).